The van der Waals surface area contributed by atoms with Gasteiger partial charge in [0.1, 0.15) is 0 Å². The maximum atomic E-state index is 9.84. The van der Waals surface area contributed by atoms with E-state index in [2.05, 4.69) is 11.3 Å². The van der Waals surface area contributed by atoms with Gasteiger partial charge in [-0.1, -0.05) is 13.5 Å². The molecule has 64 valence electrons. The van der Waals surface area contributed by atoms with Crippen molar-refractivity contribution in [2.45, 2.75) is 13.3 Å². The Balaban J connectivity index is -0.000000126. The number of esters is 1. The molecule has 0 aliphatic rings. The van der Waals surface area contributed by atoms with Gasteiger partial charge in [-0.25, -0.2) is 4.79 Å². The van der Waals surface area contributed by atoms with E-state index in [0.717, 1.165) is 6.08 Å². The second-order valence-corrected chi connectivity index (χ2v) is 1.45. The molecule has 12 heavy (non-hydrogen) atoms. The smallest absolute Gasteiger partial charge is 0.550 e. The average molecular weight is 182 g/mol. The Labute approximate surface area is 93.9 Å². The summed E-state index contributed by atoms with van der Waals surface area (Å²) in [5, 5.41) is 9.26. The van der Waals surface area contributed by atoms with Crippen molar-refractivity contribution in [1.82, 2.24) is 0 Å². The molecule has 5 heteroatoms. The molecule has 0 aliphatic carbocycles. The van der Waals surface area contributed by atoms with Crippen molar-refractivity contribution < 1.29 is 49.0 Å². The first-order chi connectivity index (χ1) is 5.08. The first kappa shape index (κ1) is 17.7. The number of hydrogen-bond donors (Lipinski definition) is 0. The predicted molar refractivity (Wildman–Crippen MR) is 37.5 cm³/mol. The van der Waals surface area contributed by atoms with E-state index >= 15 is 0 Å². The third kappa shape index (κ3) is 22.6. The predicted octanol–water partition coefficient (Wildman–Crippen LogP) is -3.50. The van der Waals surface area contributed by atoms with Crippen LogP contribution in [0.4, 0.5) is 0 Å². The normalized spacial score (nSPS) is 6.50. The van der Waals surface area contributed by atoms with Crippen LogP contribution in [0.25, 0.3) is 0 Å². The Kier molecular flexibility index (Phi) is 19.6. The molecule has 0 aliphatic heterocycles. The molecule has 0 fully saturated rings. The van der Waals surface area contributed by atoms with Crippen LogP contribution in [-0.2, 0) is 14.3 Å². The summed E-state index contributed by atoms with van der Waals surface area (Å²) in [6.07, 6.45) is 1.22. The number of carboxylic acid groups (broad SMARTS) is 1. The minimum absolute atomic E-state index is 0. The average Bonchev–Trinajstić information content (AvgIpc) is 2.04. The first-order valence-electron chi connectivity index (χ1n) is 2.98. The first-order valence-corrected chi connectivity index (χ1v) is 2.98. The number of methoxy groups -OCH3 is 1. The standard InChI is InChI=1S/C4H6O2.C3H6O2.Na/c1-3-4(5)6-2;1-2-3(4)5;/h3H,1H2,2H3;2H2,1H3,(H,4,5);/q;;+1/p-1. The molecule has 0 amide bonds. The van der Waals surface area contributed by atoms with Crippen molar-refractivity contribution in [2.75, 3.05) is 7.11 Å². The minimum Gasteiger partial charge on any atom is -0.550 e. The van der Waals surface area contributed by atoms with Crippen molar-refractivity contribution in [1.29, 1.82) is 0 Å². The summed E-state index contributed by atoms with van der Waals surface area (Å²) in [5.74, 6) is -1.39. The van der Waals surface area contributed by atoms with Crippen LogP contribution in [0, 0.1) is 0 Å². The summed E-state index contributed by atoms with van der Waals surface area (Å²) < 4.78 is 4.14. The number of rotatable bonds is 2. The van der Waals surface area contributed by atoms with Crippen LogP contribution in [0.5, 0.6) is 0 Å². The zero-order valence-electron chi connectivity index (χ0n) is 7.62. The van der Waals surface area contributed by atoms with Crippen LogP contribution in [0.2, 0.25) is 0 Å². The molecule has 0 rings (SSSR count). The summed E-state index contributed by atoms with van der Waals surface area (Å²) in [6.45, 7) is 4.69. The molecule has 0 radical (unpaired) electrons. The van der Waals surface area contributed by atoms with Crippen LogP contribution in [0.3, 0.4) is 0 Å². The van der Waals surface area contributed by atoms with E-state index in [9.17, 15) is 14.7 Å². The molecule has 0 N–H and O–H groups in total. The maximum absolute atomic E-state index is 9.84. The Bertz CT molecular complexity index is 144. The van der Waals surface area contributed by atoms with Gasteiger partial charge in [0, 0.05) is 12.0 Å². The van der Waals surface area contributed by atoms with E-state index in [1.807, 2.05) is 0 Å². The molecule has 0 unspecified atom stereocenters. The summed E-state index contributed by atoms with van der Waals surface area (Å²) in [6, 6.07) is 0. The fraction of sp³-hybridized carbons (Fsp3) is 0.429. The fourth-order valence-electron chi connectivity index (χ4n) is 0.0833. The Morgan fingerprint density at radius 1 is 1.58 bits per heavy atom. The van der Waals surface area contributed by atoms with E-state index in [0.29, 0.717) is 0 Å². The molecular weight excluding hydrogens is 171 g/mol. The number of carboxylic acids is 1. The van der Waals surface area contributed by atoms with Crippen molar-refractivity contribution in [3.63, 3.8) is 0 Å². The summed E-state index contributed by atoms with van der Waals surface area (Å²) >= 11 is 0. The van der Waals surface area contributed by atoms with Gasteiger partial charge in [-0.05, 0) is 6.42 Å². The monoisotopic (exact) mass is 182 g/mol. The SMILES string of the molecule is C=CC(=O)OC.CCC(=O)[O-].[Na+]. The van der Waals surface area contributed by atoms with Crippen LogP contribution in [-0.4, -0.2) is 19.0 Å². The molecule has 4 nitrogen and oxygen atoms in total. The van der Waals surface area contributed by atoms with E-state index in [1.54, 1.807) is 0 Å². The van der Waals surface area contributed by atoms with Crippen LogP contribution in [0.1, 0.15) is 13.3 Å². The molecule has 0 saturated carbocycles. The molecule has 0 saturated heterocycles. The summed E-state index contributed by atoms with van der Waals surface area (Å²) in [4.78, 5) is 19.1. The van der Waals surface area contributed by atoms with Crippen molar-refractivity contribution in [3.05, 3.63) is 12.7 Å². The van der Waals surface area contributed by atoms with Gasteiger partial charge < -0.3 is 14.6 Å². The second-order valence-electron chi connectivity index (χ2n) is 1.45. The van der Waals surface area contributed by atoms with E-state index in [1.165, 1.54) is 14.0 Å². The molecule has 0 heterocycles. The molecule has 0 bridgehead atoms. The molecular formula is C7H11NaO4. The fourth-order valence-corrected chi connectivity index (χ4v) is 0.0833. The van der Waals surface area contributed by atoms with E-state index < -0.39 is 11.9 Å². The van der Waals surface area contributed by atoms with Gasteiger partial charge in [0.05, 0.1) is 7.11 Å². The Morgan fingerprint density at radius 3 is 1.92 bits per heavy atom. The molecule has 0 spiro atoms. The van der Waals surface area contributed by atoms with Gasteiger partial charge >= 0.3 is 35.5 Å². The number of carbonyl (C=O) groups excluding carboxylic acids is 2. The van der Waals surface area contributed by atoms with Crippen molar-refractivity contribution in [3.8, 4) is 0 Å². The van der Waals surface area contributed by atoms with Crippen molar-refractivity contribution in [2.24, 2.45) is 0 Å². The topological polar surface area (TPSA) is 66.4 Å². The number of ether oxygens (including phenoxy) is 1. The van der Waals surface area contributed by atoms with Gasteiger partial charge in [0.25, 0.3) is 0 Å². The van der Waals surface area contributed by atoms with Crippen LogP contribution < -0.4 is 34.7 Å². The van der Waals surface area contributed by atoms with Gasteiger partial charge in [0.2, 0.25) is 0 Å². The van der Waals surface area contributed by atoms with Gasteiger partial charge in [-0.3, -0.25) is 0 Å². The summed E-state index contributed by atoms with van der Waals surface area (Å²) in [7, 11) is 1.31. The number of carbonyl (C=O) groups is 2. The largest absolute Gasteiger partial charge is 1.00 e. The third-order valence-electron chi connectivity index (χ3n) is 0.657. The minimum atomic E-state index is -0.995. The van der Waals surface area contributed by atoms with Gasteiger partial charge in [0.15, 0.2) is 0 Å². The second kappa shape index (κ2) is 13.3. The van der Waals surface area contributed by atoms with E-state index in [4.69, 9.17) is 0 Å². The molecule has 0 atom stereocenters. The van der Waals surface area contributed by atoms with Gasteiger partial charge in [-0.2, -0.15) is 0 Å². The zero-order valence-corrected chi connectivity index (χ0v) is 9.62. The third-order valence-corrected chi connectivity index (χ3v) is 0.657. The van der Waals surface area contributed by atoms with Gasteiger partial charge in [-0.15, -0.1) is 0 Å². The Morgan fingerprint density at radius 2 is 1.92 bits per heavy atom. The Hall–Kier alpha value is -0.320. The van der Waals surface area contributed by atoms with Crippen LogP contribution >= 0.6 is 0 Å². The van der Waals surface area contributed by atoms with E-state index in [-0.39, 0.29) is 36.0 Å². The van der Waals surface area contributed by atoms with Crippen LogP contribution in [0.15, 0.2) is 12.7 Å². The molecule has 0 aromatic rings. The molecule has 0 aromatic carbocycles. The number of hydrogen-bond acceptors (Lipinski definition) is 4. The van der Waals surface area contributed by atoms with Crippen molar-refractivity contribution >= 4 is 11.9 Å². The zero-order chi connectivity index (χ0) is 9.28. The summed E-state index contributed by atoms with van der Waals surface area (Å²) in [5.41, 5.74) is 0. The quantitative estimate of drug-likeness (QED) is 0.252. The maximum Gasteiger partial charge on any atom is 1.00 e. The number of aliphatic carboxylic acids is 1. The molecule has 0 aromatic heterocycles.